The number of hydrogen-bond acceptors (Lipinski definition) is 3. The lowest BCUT2D eigenvalue weighted by molar-refractivity contribution is -0.128. The molecule has 0 bridgehead atoms. The van der Waals surface area contributed by atoms with Gasteiger partial charge in [0.1, 0.15) is 5.75 Å². The summed E-state index contributed by atoms with van der Waals surface area (Å²) in [5.74, 6) is 2.47. The van der Waals surface area contributed by atoms with Gasteiger partial charge in [-0.15, -0.1) is 0 Å². The zero-order valence-corrected chi connectivity index (χ0v) is 16.2. The van der Waals surface area contributed by atoms with Crippen molar-refractivity contribution >= 4 is 29.3 Å². The van der Waals surface area contributed by atoms with Crippen molar-refractivity contribution in [2.75, 3.05) is 12.3 Å². The highest BCUT2D eigenvalue weighted by Crippen LogP contribution is 2.19. The first-order chi connectivity index (χ1) is 12.1. The first kappa shape index (κ1) is 19.7. The highest BCUT2D eigenvalue weighted by Gasteiger charge is 2.18. The summed E-state index contributed by atoms with van der Waals surface area (Å²) in [6.07, 6.45) is 0.181. The summed E-state index contributed by atoms with van der Waals surface area (Å²) in [5.41, 5.74) is 2.27. The smallest absolute Gasteiger partial charge is 0.261 e. The number of amides is 1. The van der Waals surface area contributed by atoms with E-state index in [9.17, 15) is 4.79 Å². The fourth-order valence-electron chi connectivity index (χ4n) is 2.30. The molecule has 5 heteroatoms. The molecule has 0 saturated carbocycles. The van der Waals surface area contributed by atoms with Gasteiger partial charge in [0.05, 0.1) is 0 Å². The molecule has 0 spiro atoms. The number of nitrogens with one attached hydrogen (secondary N) is 1. The predicted octanol–water partition coefficient (Wildman–Crippen LogP) is 4.86. The summed E-state index contributed by atoms with van der Waals surface area (Å²) >= 11 is 7.66. The average Bonchev–Trinajstić information content (AvgIpc) is 2.62. The normalized spacial score (nSPS) is 11.8. The summed E-state index contributed by atoms with van der Waals surface area (Å²) in [5, 5.41) is 3.71. The maximum atomic E-state index is 12.3. The third-order valence-corrected chi connectivity index (χ3v) is 5.04. The summed E-state index contributed by atoms with van der Waals surface area (Å²) in [4.78, 5) is 12.3. The van der Waals surface area contributed by atoms with E-state index < -0.39 is 6.10 Å². The van der Waals surface area contributed by atoms with E-state index in [1.807, 2.05) is 62.4 Å². The monoisotopic (exact) mass is 377 g/mol. The topological polar surface area (TPSA) is 38.3 Å². The zero-order chi connectivity index (χ0) is 18.1. The number of rotatable bonds is 9. The van der Waals surface area contributed by atoms with Crippen molar-refractivity contribution in [2.45, 2.75) is 32.1 Å². The highest BCUT2D eigenvalue weighted by molar-refractivity contribution is 7.98. The van der Waals surface area contributed by atoms with E-state index in [2.05, 4.69) is 5.32 Å². The molecule has 1 N–H and O–H groups in total. The molecule has 0 saturated heterocycles. The minimum Gasteiger partial charge on any atom is -0.480 e. The van der Waals surface area contributed by atoms with E-state index >= 15 is 0 Å². The Morgan fingerprint density at radius 1 is 1.20 bits per heavy atom. The van der Waals surface area contributed by atoms with Crippen LogP contribution in [0.5, 0.6) is 5.75 Å². The van der Waals surface area contributed by atoms with Crippen molar-refractivity contribution in [3.8, 4) is 5.75 Å². The van der Waals surface area contributed by atoms with Crippen LogP contribution >= 0.6 is 23.4 Å². The lowest BCUT2D eigenvalue weighted by Gasteiger charge is -2.18. The van der Waals surface area contributed by atoms with E-state index in [1.165, 1.54) is 5.56 Å². The van der Waals surface area contributed by atoms with Crippen LogP contribution in [0.4, 0.5) is 0 Å². The number of benzene rings is 2. The number of ether oxygens (including phenoxy) is 1. The van der Waals surface area contributed by atoms with Gasteiger partial charge in [-0.1, -0.05) is 48.9 Å². The molecule has 1 amide bonds. The SMILES string of the molecule is CC[C@H](Oc1ccccc1C)C(=O)NCCSCc1ccc(Cl)cc1. The minimum absolute atomic E-state index is 0.0576. The van der Waals surface area contributed by atoms with Gasteiger partial charge in [-0.2, -0.15) is 11.8 Å². The molecule has 0 aliphatic heterocycles. The first-order valence-corrected chi connectivity index (χ1v) is 9.95. The van der Waals surface area contributed by atoms with Crippen LogP contribution in [0, 0.1) is 6.92 Å². The van der Waals surface area contributed by atoms with Crippen LogP contribution in [-0.2, 0) is 10.5 Å². The fourth-order valence-corrected chi connectivity index (χ4v) is 3.24. The number of para-hydroxylation sites is 1. The Hall–Kier alpha value is -1.65. The number of hydrogen-bond donors (Lipinski definition) is 1. The minimum atomic E-state index is -0.456. The molecular formula is C20H24ClNO2S. The number of carbonyl (C=O) groups is 1. The molecular weight excluding hydrogens is 354 g/mol. The number of halogens is 1. The lowest BCUT2D eigenvalue weighted by atomic mass is 10.2. The van der Waals surface area contributed by atoms with Gasteiger partial charge in [-0.05, 0) is 42.7 Å². The summed E-state index contributed by atoms with van der Waals surface area (Å²) in [6, 6.07) is 15.6. The van der Waals surface area contributed by atoms with Gasteiger partial charge in [0.2, 0.25) is 0 Å². The fraction of sp³-hybridized carbons (Fsp3) is 0.350. The summed E-state index contributed by atoms with van der Waals surface area (Å²) < 4.78 is 5.86. The Bertz CT molecular complexity index is 676. The Balaban J connectivity index is 1.71. The molecule has 0 aliphatic rings. The Labute approximate surface area is 159 Å². The molecule has 0 heterocycles. The van der Waals surface area contributed by atoms with Gasteiger partial charge in [-0.25, -0.2) is 0 Å². The molecule has 2 aromatic carbocycles. The van der Waals surface area contributed by atoms with E-state index in [-0.39, 0.29) is 5.91 Å². The summed E-state index contributed by atoms with van der Waals surface area (Å²) in [6.45, 7) is 4.57. The third kappa shape index (κ3) is 6.63. The maximum absolute atomic E-state index is 12.3. The molecule has 3 nitrogen and oxygen atoms in total. The number of thioether (sulfide) groups is 1. The molecule has 0 radical (unpaired) electrons. The van der Waals surface area contributed by atoms with Gasteiger partial charge < -0.3 is 10.1 Å². The molecule has 0 aliphatic carbocycles. The lowest BCUT2D eigenvalue weighted by Crippen LogP contribution is -2.39. The largest absolute Gasteiger partial charge is 0.480 e. The van der Waals surface area contributed by atoms with Crippen LogP contribution in [0.3, 0.4) is 0 Å². The Kier molecular flexibility index (Phi) is 8.16. The molecule has 0 aromatic heterocycles. The van der Waals surface area contributed by atoms with Gasteiger partial charge in [-0.3, -0.25) is 4.79 Å². The molecule has 1 atom stereocenters. The van der Waals surface area contributed by atoms with Crippen molar-refractivity contribution in [3.05, 3.63) is 64.7 Å². The van der Waals surface area contributed by atoms with Gasteiger partial charge >= 0.3 is 0 Å². The van der Waals surface area contributed by atoms with Crippen molar-refractivity contribution in [1.29, 1.82) is 0 Å². The van der Waals surface area contributed by atoms with E-state index in [0.29, 0.717) is 13.0 Å². The second kappa shape index (κ2) is 10.4. The van der Waals surface area contributed by atoms with Crippen LogP contribution < -0.4 is 10.1 Å². The van der Waals surface area contributed by atoms with Crippen LogP contribution in [0.2, 0.25) is 5.02 Å². The highest BCUT2D eigenvalue weighted by atomic mass is 35.5. The molecule has 25 heavy (non-hydrogen) atoms. The third-order valence-electron chi connectivity index (χ3n) is 3.75. The first-order valence-electron chi connectivity index (χ1n) is 8.42. The van der Waals surface area contributed by atoms with Crippen molar-refractivity contribution in [3.63, 3.8) is 0 Å². The van der Waals surface area contributed by atoms with Crippen molar-refractivity contribution in [1.82, 2.24) is 5.32 Å². The van der Waals surface area contributed by atoms with Crippen LogP contribution in [0.25, 0.3) is 0 Å². The maximum Gasteiger partial charge on any atom is 0.261 e. The molecule has 0 unspecified atom stereocenters. The Morgan fingerprint density at radius 2 is 1.92 bits per heavy atom. The standard InChI is InChI=1S/C20H24ClNO2S/c1-3-18(24-19-7-5-4-6-15(19)2)20(23)22-12-13-25-14-16-8-10-17(21)11-9-16/h4-11,18H,3,12-14H2,1-2H3,(H,22,23)/t18-/m0/s1. The Morgan fingerprint density at radius 3 is 2.60 bits per heavy atom. The number of aryl methyl sites for hydroxylation is 1. The van der Waals surface area contributed by atoms with Crippen LogP contribution in [-0.4, -0.2) is 24.3 Å². The van der Waals surface area contributed by atoms with Gasteiger partial charge in [0, 0.05) is 23.1 Å². The van der Waals surface area contributed by atoms with Crippen molar-refractivity contribution < 1.29 is 9.53 Å². The van der Waals surface area contributed by atoms with E-state index in [1.54, 1.807) is 11.8 Å². The van der Waals surface area contributed by atoms with Gasteiger partial charge in [0.25, 0.3) is 5.91 Å². The van der Waals surface area contributed by atoms with E-state index in [0.717, 1.165) is 27.8 Å². The molecule has 0 fully saturated rings. The summed E-state index contributed by atoms with van der Waals surface area (Å²) in [7, 11) is 0. The quantitative estimate of drug-likeness (QED) is 0.634. The van der Waals surface area contributed by atoms with Crippen LogP contribution in [0.1, 0.15) is 24.5 Å². The molecule has 134 valence electrons. The number of carbonyl (C=O) groups excluding carboxylic acids is 1. The second-order valence-electron chi connectivity index (χ2n) is 5.75. The second-order valence-corrected chi connectivity index (χ2v) is 7.29. The van der Waals surface area contributed by atoms with Crippen LogP contribution in [0.15, 0.2) is 48.5 Å². The zero-order valence-electron chi connectivity index (χ0n) is 14.6. The molecule has 2 rings (SSSR count). The average molecular weight is 378 g/mol. The van der Waals surface area contributed by atoms with E-state index in [4.69, 9.17) is 16.3 Å². The molecule has 2 aromatic rings. The van der Waals surface area contributed by atoms with Crippen molar-refractivity contribution in [2.24, 2.45) is 0 Å². The van der Waals surface area contributed by atoms with Gasteiger partial charge in [0.15, 0.2) is 6.10 Å². The predicted molar refractivity (Wildman–Crippen MR) is 107 cm³/mol.